The first-order valence-corrected chi connectivity index (χ1v) is 13.1. The van der Waals surface area contributed by atoms with E-state index in [4.69, 9.17) is 16.3 Å². The molecule has 3 heterocycles. The van der Waals surface area contributed by atoms with Crippen molar-refractivity contribution >= 4 is 40.5 Å². The molecule has 2 aromatic carbocycles. The molecule has 2 saturated heterocycles. The van der Waals surface area contributed by atoms with Gasteiger partial charge in [0.1, 0.15) is 10.8 Å². The largest absolute Gasteiger partial charge is 0.437 e. The maximum Gasteiger partial charge on any atom is 0.246 e. The van der Waals surface area contributed by atoms with E-state index in [1.54, 1.807) is 4.90 Å². The molecule has 198 valence electrons. The lowest BCUT2D eigenvalue weighted by Crippen LogP contribution is -2.44. The zero-order valence-corrected chi connectivity index (χ0v) is 22.2. The molecule has 1 unspecified atom stereocenters. The number of nitrogens with one attached hydrogen (secondary N) is 2. The summed E-state index contributed by atoms with van der Waals surface area (Å²) in [5.41, 5.74) is 2.98. The van der Waals surface area contributed by atoms with Crippen molar-refractivity contribution in [2.24, 2.45) is 0 Å². The first-order valence-electron chi connectivity index (χ1n) is 12.8. The summed E-state index contributed by atoms with van der Waals surface area (Å²) in [5, 5.41) is 7.02. The number of piperazine rings is 1. The van der Waals surface area contributed by atoms with E-state index in [0.29, 0.717) is 29.8 Å². The summed E-state index contributed by atoms with van der Waals surface area (Å²) in [7, 11) is 2.15. The zero-order valence-electron chi connectivity index (χ0n) is 21.4. The Morgan fingerprint density at radius 1 is 1.11 bits per heavy atom. The van der Waals surface area contributed by atoms with Crippen molar-refractivity contribution in [3.05, 3.63) is 72.4 Å². The molecule has 0 aliphatic carbocycles. The summed E-state index contributed by atoms with van der Waals surface area (Å²) < 4.78 is 6.03. The van der Waals surface area contributed by atoms with Crippen molar-refractivity contribution in [2.45, 2.75) is 12.5 Å². The maximum absolute atomic E-state index is 11.9. The third-order valence-electron chi connectivity index (χ3n) is 6.80. The van der Waals surface area contributed by atoms with E-state index in [1.807, 2.05) is 36.4 Å². The summed E-state index contributed by atoms with van der Waals surface area (Å²) in [6.45, 7) is 9.10. The van der Waals surface area contributed by atoms with Crippen molar-refractivity contribution in [3.8, 4) is 11.6 Å². The van der Waals surface area contributed by atoms with Crippen LogP contribution in [0, 0.1) is 0 Å². The number of hydrogen-bond donors (Lipinski definition) is 2. The Kier molecular flexibility index (Phi) is 7.95. The van der Waals surface area contributed by atoms with Crippen LogP contribution in [0.2, 0.25) is 5.02 Å². The molecule has 2 aliphatic rings. The summed E-state index contributed by atoms with van der Waals surface area (Å²) >= 11 is 6.35. The van der Waals surface area contributed by atoms with Crippen LogP contribution in [-0.4, -0.2) is 78.0 Å². The number of hydrogen-bond acceptors (Lipinski definition) is 8. The molecule has 3 aromatic rings. The van der Waals surface area contributed by atoms with Crippen molar-refractivity contribution in [1.29, 1.82) is 0 Å². The molecule has 1 amide bonds. The highest BCUT2D eigenvalue weighted by atomic mass is 35.5. The topological polar surface area (TPSA) is 85.9 Å². The highest BCUT2D eigenvalue weighted by Crippen LogP contribution is 2.30. The molecule has 9 nitrogen and oxygen atoms in total. The van der Waals surface area contributed by atoms with E-state index >= 15 is 0 Å². The van der Waals surface area contributed by atoms with Crippen LogP contribution in [0.4, 0.5) is 23.0 Å². The summed E-state index contributed by atoms with van der Waals surface area (Å²) in [6, 6.07) is 16.0. The fourth-order valence-corrected chi connectivity index (χ4v) is 4.77. The number of nitrogens with zero attached hydrogens (tertiary/aromatic N) is 5. The van der Waals surface area contributed by atoms with Crippen LogP contribution < -0.4 is 20.3 Å². The summed E-state index contributed by atoms with van der Waals surface area (Å²) in [4.78, 5) is 27.2. The minimum Gasteiger partial charge on any atom is -0.437 e. The van der Waals surface area contributed by atoms with Gasteiger partial charge in [-0.05, 0) is 55.9 Å². The van der Waals surface area contributed by atoms with Crippen LogP contribution in [0.25, 0.3) is 0 Å². The average Bonchev–Trinajstić information content (AvgIpc) is 3.40. The number of likely N-dealkylation sites (N-methyl/N-ethyl adjacent to an activating group) is 1. The molecule has 5 rings (SSSR count). The predicted molar refractivity (Wildman–Crippen MR) is 152 cm³/mol. The number of carbonyl (C=O) groups is 1. The Hall–Kier alpha value is -3.82. The zero-order chi connectivity index (χ0) is 26.5. The molecule has 1 atom stereocenters. The number of anilines is 4. The van der Waals surface area contributed by atoms with Gasteiger partial charge in [-0.15, -0.1) is 0 Å². The molecule has 2 aliphatic heterocycles. The number of aromatic nitrogens is 2. The molecular formula is C28H32ClN7O2. The lowest BCUT2D eigenvalue weighted by Gasteiger charge is -2.34. The predicted octanol–water partition coefficient (Wildman–Crippen LogP) is 4.62. The van der Waals surface area contributed by atoms with Gasteiger partial charge in [-0.1, -0.05) is 24.2 Å². The third-order valence-corrected chi connectivity index (χ3v) is 7.06. The van der Waals surface area contributed by atoms with Gasteiger partial charge in [-0.25, -0.2) is 4.98 Å². The van der Waals surface area contributed by atoms with Crippen molar-refractivity contribution in [2.75, 3.05) is 61.8 Å². The van der Waals surface area contributed by atoms with Gasteiger partial charge < -0.3 is 30.1 Å². The van der Waals surface area contributed by atoms with Crippen LogP contribution in [-0.2, 0) is 4.79 Å². The van der Waals surface area contributed by atoms with Gasteiger partial charge in [0.2, 0.25) is 17.7 Å². The van der Waals surface area contributed by atoms with E-state index in [2.05, 4.69) is 56.2 Å². The van der Waals surface area contributed by atoms with Crippen molar-refractivity contribution < 1.29 is 9.53 Å². The number of benzene rings is 2. The van der Waals surface area contributed by atoms with Gasteiger partial charge in [0.25, 0.3) is 0 Å². The molecule has 0 spiro atoms. The molecule has 0 bridgehead atoms. The second kappa shape index (κ2) is 11.7. The molecule has 10 heteroatoms. The van der Waals surface area contributed by atoms with Crippen LogP contribution in [0.1, 0.15) is 6.42 Å². The summed E-state index contributed by atoms with van der Waals surface area (Å²) in [5.74, 6) is 1.21. The smallest absolute Gasteiger partial charge is 0.246 e. The lowest BCUT2D eigenvalue weighted by molar-refractivity contribution is -0.125. The SMILES string of the molecule is C=CC(=O)N1CCC(Nc2cccc(Oc3nc(Nc4ccc(N5CCN(C)CC5)cc4)ncc3Cl)c2)C1. The molecule has 2 fully saturated rings. The van der Waals surface area contributed by atoms with Crippen molar-refractivity contribution in [3.63, 3.8) is 0 Å². The highest BCUT2D eigenvalue weighted by molar-refractivity contribution is 6.31. The van der Waals surface area contributed by atoms with E-state index in [1.165, 1.54) is 18.0 Å². The molecular weight excluding hydrogens is 502 g/mol. The molecule has 0 saturated carbocycles. The molecule has 38 heavy (non-hydrogen) atoms. The number of carbonyl (C=O) groups excluding carboxylic acids is 1. The highest BCUT2D eigenvalue weighted by Gasteiger charge is 2.24. The Morgan fingerprint density at radius 3 is 2.66 bits per heavy atom. The molecule has 2 N–H and O–H groups in total. The van der Waals surface area contributed by atoms with Gasteiger partial charge in [0, 0.05) is 68.4 Å². The number of likely N-dealkylation sites (tertiary alicyclic amines) is 1. The van der Waals surface area contributed by atoms with Crippen molar-refractivity contribution in [1.82, 2.24) is 19.8 Å². The molecule has 1 aromatic heterocycles. The minimum absolute atomic E-state index is 0.0415. The second-order valence-corrected chi connectivity index (χ2v) is 9.96. The normalized spacial score (nSPS) is 17.8. The first kappa shape index (κ1) is 25.8. The Bertz CT molecular complexity index is 1280. The summed E-state index contributed by atoms with van der Waals surface area (Å²) in [6.07, 6.45) is 3.75. The van der Waals surface area contributed by atoms with E-state index < -0.39 is 0 Å². The first-order chi connectivity index (χ1) is 18.5. The Balaban J connectivity index is 1.21. The quantitative estimate of drug-likeness (QED) is 0.406. The lowest BCUT2D eigenvalue weighted by atomic mass is 10.2. The third kappa shape index (κ3) is 6.35. The van der Waals surface area contributed by atoms with Crippen LogP contribution >= 0.6 is 11.6 Å². The number of rotatable bonds is 8. The van der Waals surface area contributed by atoms with Gasteiger partial charge in [0.05, 0.1) is 6.20 Å². The minimum atomic E-state index is -0.0415. The molecule has 0 radical (unpaired) electrons. The van der Waals surface area contributed by atoms with Crippen LogP contribution in [0.3, 0.4) is 0 Å². The monoisotopic (exact) mass is 533 g/mol. The van der Waals surface area contributed by atoms with E-state index in [-0.39, 0.29) is 17.8 Å². The standard InChI is InChI=1S/C28H32ClN7O2/c1-3-26(37)36-12-11-22(19-36)31-21-5-4-6-24(17-21)38-27-25(29)18-30-28(33-27)32-20-7-9-23(10-8-20)35-15-13-34(2)14-16-35/h3-10,17-18,22,31H,1,11-16,19H2,2H3,(H,30,32,33). The van der Waals surface area contributed by atoms with Gasteiger partial charge in [-0.2, -0.15) is 4.98 Å². The van der Waals surface area contributed by atoms with Gasteiger partial charge in [-0.3, -0.25) is 4.79 Å². The van der Waals surface area contributed by atoms with E-state index in [0.717, 1.165) is 44.0 Å². The van der Waals surface area contributed by atoms with E-state index in [9.17, 15) is 4.79 Å². The fourth-order valence-electron chi connectivity index (χ4n) is 4.64. The fraction of sp³-hybridized carbons (Fsp3) is 0.321. The number of ether oxygens (including phenoxy) is 1. The van der Waals surface area contributed by atoms with Crippen LogP contribution in [0.15, 0.2) is 67.4 Å². The number of amides is 1. The second-order valence-electron chi connectivity index (χ2n) is 9.56. The van der Waals surface area contributed by atoms with Gasteiger partial charge >= 0.3 is 0 Å². The Labute approximate surface area is 228 Å². The Morgan fingerprint density at radius 2 is 1.89 bits per heavy atom. The maximum atomic E-state index is 11.9. The average molecular weight is 534 g/mol. The van der Waals surface area contributed by atoms with Crippen LogP contribution in [0.5, 0.6) is 11.6 Å². The van der Waals surface area contributed by atoms with Gasteiger partial charge in [0.15, 0.2) is 0 Å². The number of halogens is 1.